The zero-order valence-electron chi connectivity index (χ0n) is 14.8. The Balaban J connectivity index is 1.87. The summed E-state index contributed by atoms with van der Waals surface area (Å²) < 4.78 is 16.6. The van der Waals surface area contributed by atoms with Crippen molar-refractivity contribution in [3.8, 4) is 11.5 Å². The van der Waals surface area contributed by atoms with E-state index in [0.717, 1.165) is 70.5 Å². The minimum atomic E-state index is 0.301. The standard InChI is InChI=1S/C18H29N3O3/c1-22-15-3-4-18(23-2)16(13-15)17(21-7-5-19-6-8-21)14-20-9-11-24-12-10-20/h3-4,13,17,19H,5-12,14H2,1-2H3. The summed E-state index contributed by atoms with van der Waals surface area (Å²) in [6.45, 7) is 8.80. The number of rotatable bonds is 6. The fourth-order valence-electron chi connectivity index (χ4n) is 3.53. The molecule has 2 saturated heterocycles. The highest BCUT2D eigenvalue weighted by atomic mass is 16.5. The maximum Gasteiger partial charge on any atom is 0.123 e. The molecule has 0 saturated carbocycles. The molecule has 1 unspecified atom stereocenters. The highest BCUT2D eigenvalue weighted by Gasteiger charge is 2.28. The Labute approximate surface area is 144 Å². The Bertz CT molecular complexity index is 514. The molecule has 2 fully saturated rings. The molecule has 2 aliphatic heterocycles. The van der Waals surface area contributed by atoms with Crippen LogP contribution in [-0.2, 0) is 4.74 Å². The molecule has 134 valence electrons. The molecule has 2 aliphatic rings. The highest BCUT2D eigenvalue weighted by Crippen LogP contribution is 2.33. The third-order valence-corrected chi connectivity index (χ3v) is 4.92. The van der Waals surface area contributed by atoms with Gasteiger partial charge in [-0.25, -0.2) is 0 Å². The van der Waals surface area contributed by atoms with Crippen LogP contribution in [0.2, 0.25) is 0 Å². The van der Waals surface area contributed by atoms with Gasteiger partial charge in [0.25, 0.3) is 0 Å². The predicted molar refractivity (Wildman–Crippen MR) is 94.0 cm³/mol. The van der Waals surface area contributed by atoms with E-state index in [1.807, 2.05) is 12.1 Å². The van der Waals surface area contributed by atoms with Gasteiger partial charge in [-0.3, -0.25) is 9.80 Å². The van der Waals surface area contributed by atoms with Crippen molar-refractivity contribution in [1.82, 2.24) is 15.1 Å². The van der Waals surface area contributed by atoms with Crippen LogP contribution in [-0.4, -0.2) is 83.0 Å². The first-order chi connectivity index (χ1) is 11.8. The molecular formula is C18H29N3O3. The second-order valence-corrected chi connectivity index (χ2v) is 6.32. The maximum atomic E-state index is 5.66. The lowest BCUT2D eigenvalue weighted by molar-refractivity contribution is 0.0203. The van der Waals surface area contributed by atoms with E-state index in [-0.39, 0.29) is 0 Å². The van der Waals surface area contributed by atoms with Crippen LogP contribution < -0.4 is 14.8 Å². The van der Waals surface area contributed by atoms with Gasteiger partial charge in [-0.2, -0.15) is 0 Å². The fourth-order valence-corrected chi connectivity index (χ4v) is 3.53. The smallest absolute Gasteiger partial charge is 0.123 e. The first-order valence-electron chi connectivity index (χ1n) is 8.78. The van der Waals surface area contributed by atoms with E-state index < -0.39 is 0 Å². The molecule has 24 heavy (non-hydrogen) atoms. The lowest BCUT2D eigenvalue weighted by atomic mass is 10.0. The minimum absolute atomic E-state index is 0.301. The van der Waals surface area contributed by atoms with Gasteiger partial charge >= 0.3 is 0 Å². The van der Waals surface area contributed by atoms with Crippen LogP contribution in [0.25, 0.3) is 0 Å². The van der Waals surface area contributed by atoms with E-state index in [1.165, 1.54) is 5.56 Å². The topological polar surface area (TPSA) is 46.2 Å². The van der Waals surface area contributed by atoms with Crippen molar-refractivity contribution in [2.24, 2.45) is 0 Å². The van der Waals surface area contributed by atoms with E-state index in [0.29, 0.717) is 6.04 Å². The molecule has 0 bridgehead atoms. The molecule has 1 N–H and O–H groups in total. The largest absolute Gasteiger partial charge is 0.497 e. The fraction of sp³-hybridized carbons (Fsp3) is 0.667. The Hall–Kier alpha value is -1.34. The molecule has 1 aromatic carbocycles. The number of nitrogens with one attached hydrogen (secondary N) is 1. The Morgan fingerprint density at radius 1 is 1.08 bits per heavy atom. The van der Waals surface area contributed by atoms with Crippen LogP contribution in [0.3, 0.4) is 0 Å². The third kappa shape index (κ3) is 4.19. The maximum absolute atomic E-state index is 5.66. The lowest BCUT2D eigenvalue weighted by Crippen LogP contribution is -2.49. The van der Waals surface area contributed by atoms with Gasteiger partial charge in [0.1, 0.15) is 11.5 Å². The van der Waals surface area contributed by atoms with Gasteiger partial charge in [-0.05, 0) is 18.2 Å². The van der Waals surface area contributed by atoms with Crippen molar-refractivity contribution >= 4 is 0 Å². The number of benzene rings is 1. The molecule has 0 spiro atoms. The van der Waals surface area contributed by atoms with Crippen molar-refractivity contribution in [1.29, 1.82) is 0 Å². The van der Waals surface area contributed by atoms with Crippen LogP contribution in [0.1, 0.15) is 11.6 Å². The number of hydrogen-bond donors (Lipinski definition) is 1. The van der Waals surface area contributed by atoms with Gasteiger partial charge in [0.2, 0.25) is 0 Å². The monoisotopic (exact) mass is 335 g/mol. The Morgan fingerprint density at radius 2 is 1.83 bits per heavy atom. The summed E-state index contributed by atoms with van der Waals surface area (Å²) >= 11 is 0. The first-order valence-corrected chi connectivity index (χ1v) is 8.78. The molecule has 6 nitrogen and oxygen atoms in total. The summed E-state index contributed by atoms with van der Waals surface area (Å²) in [4.78, 5) is 5.05. The minimum Gasteiger partial charge on any atom is -0.497 e. The van der Waals surface area contributed by atoms with Gasteiger partial charge < -0.3 is 19.5 Å². The summed E-state index contributed by atoms with van der Waals surface area (Å²) in [7, 11) is 3.46. The second kappa shape index (κ2) is 8.67. The average molecular weight is 335 g/mol. The summed E-state index contributed by atoms with van der Waals surface area (Å²) in [5, 5.41) is 3.44. The van der Waals surface area contributed by atoms with Crippen molar-refractivity contribution < 1.29 is 14.2 Å². The normalized spacial score (nSPS) is 21.4. The van der Waals surface area contributed by atoms with E-state index >= 15 is 0 Å². The summed E-state index contributed by atoms with van der Waals surface area (Å²) in [6.07, 6.45) is 0. The van der Waals surface area contributed by atoms with Crippen LogP contribution in [0.15, 0.2) is 18.2 Å². The van der Waals surface area contributed by atoms with Crippen LogP contribution >= 0.6 is 0 Å². The second-order valence-electron chi connectivity index (χ2n) is 6.32. The number of hydrogen-bond acceptors (Lipinski definition) is 6. The number of morpholine rings is 1. The van der Waals surface area contributed by atoms with Gasteiger partial charge in [0.15, 0.2) is 0 Å². The van der Waals surface area contributed by atoms with Gasteiger partial charge in [0.05, 0.1) is 33.5 Å². The van der Waals surface area contributed by atoms with Crippen LogP contribution in [0.4, 0.5) is 0 Å². The summed E-state index contributed by atoms with van der Waals surface area (Å²) in [5.41, 5.74) is 1.21. The highest BCUT2D eigenvalue weighted by molar-refractivity contribution is 5.42. The van der Waals surface area contributed by atoms with Crippen molar-refractivity contribution in [2.75, 3.05) is 73.2 Å². The lowest BCUT2D eigenvalue weighted by Gasteiger charge is -2.39. The van der Waals surface area contributed by atoms with Gasteiger partial charge in [-0.1, -0.05) is 0 Å². The number of nitrogens with zero attached hydrogens (tertiary/aromatic N) is 2. The summed E-state index contributed by atoms with van der Waals surface area (Å²) in [5.74, 6) is 1.82. The van der Waals surface area contributed by atoms with E-state index in [1.54, 1.807) is 14.2 Å². The Kier molecular flexibility index (Phi) is 6.31. The Morgan fingerprint density at radius 3 is 2.50 bits per heavy atom. The van der Waals surface area contributed by atoms with Crippen molar-refractivity contribution in [3.63, 3.8) is 0 Å². The molecule has 2 heterocycles. The third-order valence-electron chi connectivity index (χ3n) is 4.92. The molecule has 6 heteroatoms. The molecule has 1 aromatic rings. The zero-order chi connectivity index (χ0) is 16.8. The van der Waals surface area contributed by atoms with Crippen molar-refractivity contribution in [3.05, 3.63) is 23.8 Å². The zero-order valence-corrected chi connectivity index (χ0v) is 14.8. The number of methoxy groups -OCH3 is 2. The molecule has 1 atom stereocenters. The average Bonchev–Trinajstić information content (AvgIpc) is 2.67. The molecule has 0 aromatic heterocycles. The molecule has 0 aliphatic carbocycles. The SMILES string of the molecule is COc1ccc(OC)c(C(CN2CCOCC2)N2CCNCC2)c1. The van der Waals surface area contributed by atoms with E-state index in [4.69, 9.17) is 14.2 Å². The number of ether oxygens (including phenoxy) is 3. The quantitative estimate of drug-likeness (QED) is 0.836. The molecule has 3 rings (SSSR count). The first kappa shape index (κ1) is 17.5. The van der Waals surface area contributed by atoms with Crippen LogP contribution in [0.5, 0.6) is 11.5 Å². The summed E-state index contributed by atoms with van der Waals surface area (Å²) in [6, 6.07) is 6.41. The molecule has 0 radical (unpaired) electrons. The molecular weight excluding hydrogens is 306 g/mol. The molecule has 0 amide bonds. The van der Waals surface area contributed by atoms with Crippen molar-refractivity contribution in [2.45, 2.75) is 6.04 Å². The van der Waals surface area contributed by atoms with E-state index in [2.05, 4.69) is 21.2 Å². The van der Waals surface area contributed by atoms with E-state index in [9.17, 15) is 0 Å². The number of piperazine rings is 1. The van der Waals surface area contributed by atoms with Gasteiger partial charge in [0, 0.05) is 51.4 Å². The predicted octanol–water partition coefficient (Wildman–Crippen LogP) is 0.982. The van der Waals surface area contributed by atoms with Crippen LogP contribution in [0, 0.1) is 0 Å². The van der Waals surface area contributed by atoms with Gasteiger partial charge in [-0.15, -0.1) is 0 Å².